The molecular weight excluding hydrogens is 324 g/mol. The summed E-state index contributed by atoms with van der Waals surface area (Å²) in [6.07, 6.45) is 10.2. The number of carbonyl (C=O) groups is 1. The van der Waals surface area contributed by atoms with E-state index in [1.165, 1.54) is 31.3 Å². The molecule has 146 valence electrons. The van der Waals surface area contributed by atoms with Gasteiger partial charge in [0.15, 0.2) is 0 Å². The minimum Gasteiger partial charge on any atom is -0.392 e. The van der Waals surface area contributed by atoms with Crippen molar-refractivity contribution in [1.29, 1.82) is 0 Å². The number of hydrogen-bond acceptors (Lipinski definition) is 3. The Bertz CT molecular complexity index is 607. The lowest BCUT2D eigenvalue weighted by Crippen LogP contribution is -2.53. The fraction of sp³-hybridized carbons (Fsp3) is 0.870. The van der Waals surface area contributed by atoms with Crippen molar-refractivity contribution >= 4 is 5.78 Å². The number of carbonyl (C=O) groups excluding carboxylic acids is 1. The van der Waals surface area contributed by atoms with E-state index in [1.807, 2.05) is 6.92 Å². The molecule has 0 aromatic carbocycles. The van der Waals surface area contributed by atoms with Gasteiger partial charge in [-0.15, -0.1) is 0 Å². The molecule has 4 rings (SSSR count). The Kier molecular flexibility index (Phi) is 4.63. The number of allylic oxidation sites excluding steroid dienone is 1. The van der Waals surface area contributed by atoms with Crippen LogP contribution < -0.4 is 0 Å². The van der Waals surface area contributed by atoms with Crippen LogP contribution in [0.3, 0.4) is 0 Å². The average molecular weight is 361 g/mol. The van der Waals surface area contributed by atoms with Gasteiger partial charge in [-0.1, -0.05) is 13.0 Å². The summed E-state index contributed by atoms with van der Waals surface area (Å²) in [6, 6.07) is 0. The molecule has 0 spiro atoms. The van der Waals surface area contributed by atoms with E-state index in [0.717, 1.165) is 19.3 Å². The van der Waals surface area contributed by atoms with Crippen LogP contribution in [0.25, 0.3) is 0 Å². The number of rotatable bonds is 2. The smallest absolute Gasteiger partial charge is 0.136 e. The summed E-state index contributed by atoms with van der Waals surface area (Å²) in [7, 11) is 0. The van der Waals surface area contributed by atoms with Gasteiger partial charge in [0.2, 0.25) is 0 Å². The van der Waals surface area contributed by atoms with Crippen molar-refractivity contribution < 1.29 is 15.0 Å². The minimum absolute atomic E-state index is 0.102. The number of fused-ring (bicyclic) bond motifs is 5. The van der Waals surface area contributed by atoms with E-state index in [4.69, 9.17) is 0 Å². The van der Waals surface area contributed by atoms with Crippen molar-refractivity contribution in [3.8, 4) is 0 Å². The molecule has 0 amide bonds. The van der Waals surface area contributed by atoms with Crippen molar-refractivity contribution in [2.75, 3.05) is 6.61 Å². The normalized spacial score (nSPS) is 51.6. The fourth-order valence-electron chi connectivity index (χ4n) is 7.81. The summed E-state index contributed by atoms with van der Waals surface area (Å²) in [5, 5.41) is 20.3. The third-order valence-electron chi connectivity index (χ3n) is 9.09. The molecule has 2 N–H and O–H groups in total. The first-order valence-electron chi connectivity index (χ1n) is 10.8. The molecular formula is C23H36O3. The van der Waals surface area contributed by atoms with Crippen LogP contribution in [-0.2, 0) is 4.79 Å². The molecule has 8 unspecified atom stereocenters. The number of Topliss-reactive ketones (excluding diaryl/α,β-unsaturated/α-hetero) is 1. The van der Waals surface area contributed by atoms with Crippen LogP contribution in [0.5, 0.6) is 0 Å². The molecule has 0 bridgehead atoms. The highest BCUT2D eigenvalue weighted by atomic mass is 16.3. The molecule has 3 nitrogen and oxygen atoms in total. The second-order valence-corrected chi connectivity index (χ2v) is 10.3. The van der Waals surface area contributed by atoms with Crippen molar-refractivity contribution in [2.45, 2.75) is 77.7 Å². The second kappa shape index (κ2) is 6.44. The summed E-state index contributed by atoms with van der Waals surface area (Å²) in [4.78, 5) is 13.0. The molecule has 0 heterocycles. The summed E-state index contributed by atoms with van der Waals surface area (Å²) in [5.74, 6) is 3.36. The molecule has 0 aliphatic heterocycles. The van der Waals surface area contributed by atoms with Crippen molar-refractivity contribution in [3.05, 3.63) is 11.6 Å². The first kappa shape index (κ1) is 18.7. The molecule has 0 aromatic rings. The van der Waals surface area contributed by atoms with Crippen molar-refractivity contribution in [3.63, 3.8) is 0 Å². The molecule has 8 atom stereocenters. The molecule has 3 heteroatoms. The number of ketones is 1. The van der Waals surface area contributed by atoms with Crippen molar-refractivity contribution in [1.82, 2.24) is 0 Å². The Hall–Kier alpha value is -0.670. The van der Waals surface area contributed by atoms with E-state index in [-0.39, 0.29) is 17.9 Å². The SMILES string of the molecule is CC=C(CO)C1CCC2C3CC(=O)C4CC(C)(O)CCC4C3CCC12C. The summed E-state index contributed by atoms with van der Waals surface area (Å²) in [6.45, 7) is 6.58. The monoisotopic (exact) mass is 360 g/mol. The summed E-state index contributed by atoms with van der Waals surface area (Å²) in [5.41, 5.74) is 0.814. The van der Waals surface area contributed by atoms with Gasteiger partial charge in [0, 0.05) is 12.3 Å². The van der Waals surface area contributed by atoms with Gasteiger partial charge in [0.1, 0.15) is 5.78 Å². The molecule has 26 heavy (non-hydrogen) atoms. The van der Waals surface area contributed by atoms with Crippen LogP contribution in [0.1, 0.15) is 72.1 Å². The second-order valence-electron chi connectivity index (χ2n) is 10.3. The lowest BCUT2D eigenvalue weighted by atomic mass is 9.48. The Balaban J connectivity index is 1.60. The Labute approximate surface area is 158 Å². The lowest BCUT2D eigenvalue weighted by Gasteiger charge is -2.56. The van der Waals surface area contributed by atoms with Gasteiger partial charge in [-0.25, -0.2) is 0 Å². The van der Waals surface area contributed by atoms with E-state index in [2.05, 4.69) is 19.9 Å². The van der Waals surface area contributed by atoms with E-state index in [9.17, 15) is 15.0 Å². The van der Waals surface area contributed by atoms with Gasteiger partial charge >= 0.3 is 0 Å². The van der Waals surface area contributed by atoms with E-state index >= 15 is 0 Å². The van der Waals surface area contributed by atoms with Crippen LogP contribution in [0.4, 0.5) is 0 Å². The van der Waals surface area contributed by atoms with Gasteiger partial charge in [-0.3, -0.25) is 4.79 Å². The van der Waals surface area contributed by atoms with Crippen LogP contribution in [0, 0.1) is 40.9 Å². The maximum absolute atomic E-state index is 13.0. The molecule has 0 radical (unpaired) electrons. The fourth-order valence-corrected chi connectivity index (χ4v) is 7.81. The largest absolute Gasteiger partial charge is 0.392 e. The predicted molar refractivity (Wildman–Crippen MR) is 102 cm³/mol. The van der Waals surface area contributed by atoms with E-state index < -0.39 is 5.60 Å². The number of aliphatic hydroxyl groups is 2. The predicted octanol–water partition coefficient (Wildman–Crippen LogP) is 4.12. The van der Waals surface area contributed by atoms with Crippen LogP contribution in [0.15, 0.2) is 11.6 Å². The van der Waals surface area contributed by atoms with E-state index in [1.54, 1.807) is 0 Å². The quantitative estimate of drug-likeness (QED) is 0.728. The Morgan fingerprint density at radius 1 is 1.12 bits per heavy atom. The van der Waals surface area contributed by atoms with Gasteiger partial charge in [-0.05, 0) is 99.4 Å². The first-order chi connectivity index (χ1) is 12.3. The van der Waals surface area contributed by atoms with E-state index in [0.29, 0.717) is 41.8 Å². The lowest BCUT2D eigenvalue weighted by molar-refractivity contribution is -0.148. The van der Waals surface area contributed by atoms with Gasteiger partial charge in [0.05, 0.1) is 12.2 Å². The zero-order valence-electron chi connectivity index (χ0n) is 16.7. The van der Waals surface area contributed by atoms with Crippen LogP contribution in [0.2, 0.25) is 0 Å². The summed E-state index contributed by atoms with van der Waals surface area (Å²) < 4.78 is 0. The maximum atomic E-state index is 13.0. The third kappa shape index (κ3) is 2.73. The molecule has 4 saturated carbocycles. The first-order valence-corrected chi connectivity index (χ1v) is 10.8. The molecule has 4 aliphatic carbocycles. The number of aliphatic hydroxyl groups excluding tert-OH is 1. The third-order valence-corrected chi connectivity index (χ3v) is 9.09. The van der Waals surface area contributed by atoms with Gasteiger partial charge < -0.3 is 10.2 Å². The zero-order chi connectivity index (χ0) is 18.7. The Morgan fingerprint density at radius 2 is 1.85 bits per heavy atom. The minimum atomic E-state index is -0.646. The van der Waals surface area contributed by atoms with Crippen molar-refractivity contribution in [2.24, 2.45) is 40.9 Å². The van der Waals surface area contributed by atoms with Gasteiger partial charge in [0.25, 0.3) is 0 Å². The topological polar surface area (TPSA) is 57.5 Å². The standard InChI is InChI=1S/C23H36O3/c1-4-14(13-24)19-5-6-20-17-11-21(25)18-12-22(2,26)9-7-16(18)15(17)8-10-23(19,20)3/h4,15-20,24,26H,5-13H2,1-3H3. The highest BCUT2D eigenvalue weighted by Gasteiger charge is 2.59. The zero-order valence-corrected chi connectivity index (χ0v) is 16.7. The van der Waals surface area contributed by atoms with Crippen LogP contribution >= 0.6 is 0 Å². The number of hydrogen-bond donors (Lipinski definition) is 2. The molecule has 4 aliphatic rings. The Morgan fingerprint density at radius 3 is 2.54 bits per heavy atom. The molecule has 0 saturated heterocycles. The van der Waals surface area contributed by atoms with Gasteiger partial charge in [-0.2, -0.15) is 0 Å². The maximum Gasteiger partial charge on any atom is 0.136 e. The molecule has 0 aromatic heterocycles. The van der Waals surface area contributed by atoms with Crippen LogP contribution in [-0.4, -0.2) is 28.2 Å². The molecule has 4 fully saturated rings. The summed E-state index contributed by atoms with van der Waals surface area (Å²) >= 11 is 0. The highest BCUT2D eigenvalue weighted by Crippen LogP contribution is 2.65. The highest BCUT2D eigenvalue weighted by molar-refractivity contribution is 5.83. The average Bonchev–Trinajstić information content (AvgIpc) is 2.94.